The van der Waals surface area contributed by atoms with Crippen LogP contribution in [0.3, 0.4) is 0 Å². The Morgan fingerprint density at radius 3 is 1.05 bits per heavy atom. The Balaban J connectivity index is 2.46. The number of amides is 4. The van der Waals surface area contributed by atoms with Crippen LogP contribution in [0.15, 0.2) is 0 Å². The van der Waals surface area contributed by atoms with E-state index in [0.29, 0.717) is 92.1 Å². The molecule has 246 valence electrons. The quantitative estimate of drug-likeness (QED) is 0.136. The van der Waals surface area contributed by atoms with Gasteiger partial charge in [0.2, 0.25) is 0 Å². The maximum absolute atomic E-state index is 14.2. The highest BCUT2D eigenvalue weighted by atomic mass is 16.6. The predicted octanol–water partition coefficient (Wildman–Crippen LogP) is 2.72. The number of hydrogen-bond donors (Lipinski definition) is 0. The van der Waals surface area contributed by atoms with Gasteiger partial charge in [-0.05, 0) is 41.0 Å². The molecule has 42 heavy (non-hydrogen) atoms. The standard InChI is InChI=1S/C28H54N4O10/c1-7-12-28-27(6,29(21-39-17-13-35-8-2)25(33)31(28)23-41-19-15-37-10-4)30(22-40-18-14-36-9-3)26(34)32(28)24-42-20-16-38-11-5/h7-24H2,1-6H3. The fraction of sp³-hybridized carbons (Fsp3) is 0.929. The molecule has 0 aliphatic carbocycles. The molecule has 2 aliphatic rings. The molecule has 0 bridgehead atoms. The fourth-order valence-electron chi connectivity index (χ4n) is 5.43. The van der Waals surface area contributed by atoms with E-state index in [-0.39, 0.29) is 39.0 Å². The third kappa shape index (κ3) is 8.44. The van der Waals surface area contributed by atoms with Crippen molar-refractivity contribution in [3.63, 3.8) is 0 Å². The molecule has 0 unspecified atom stereocenters. The van der Waals surface area contributed by atoms with Gasteiger partial charge in [-0.25, -0.2) is 9.59 Å². The summed E-state index contributed by atoms with van der Waals surface area (Å²) in [6, 6.07) is -0.630. The summed E-state index contributed by atoms with van der Waals surface area (Å²) < 4.78 is 45.4. The predicted molar refractivity (Wildman–Crippen MR) is 153 cm³/mol. The largest absolute Gasteiger partial charge is 0.379 e. The summed E-state index contributed by atoms with van der Waals surface area (Å²) in [5.74, 6) is 0. The number of fused-ring (bicyclic) bond motifs is 1. The molecule has 0 aromatic carbocycles. The van der Waals surface area contributed by atoms with Gasteiger partial charge in [0.05, 0.1) is 52.9 Å². The Morgan fingerprint density at radius 2 is 0.762 bits per heavy atom. The molecule has 2 rings (SSSR count). The lowest BCUT2D eigenvalue weighted by molar-refractivity contribution is -0.142. The van der Waals surface area contributed by atoms with Crippen molar-refractivity contribution >= 4 is 12.1 Å². The van der Waals surface area contributed by atoms with Crippen molar-refractivity contribution in [1.82, 2.24) is 19.6 Å². The molecular formula is C28H54N4O10. The Labute approximate surface area is 251 Å². The van der Waals surface area contributed by atoms with Crippen LogP contribution in [0.4, 0.5) is 9.59 Å². The highest BCUT2D eigenvalue weighted by Gasteiger charge is 2.76. The summed E-state index contributed by atoms with van der Waals surface area (Å²) in [5, 5.41) is 0. The van der Waals surface area contributed by atoms with Crippen molar-refractivity contribution in [3.05, 3.63) is 0 Å². The summed E-state index contributed by atoms with van der Waals surface area (Å²) in [6.07, 6.45) is 1.15. The molecule has 0 aromatic rings. The minimum atomic E-state index is -1.18. The Kier molecular flexibility index (Phi) is 16.9. The maximum Gasteiger partial charge on any atom is 0.327 e. The molecule has 0 saturated carbocycles. The minimum Gasteiger partial charge on any atom is -0.379 e. The van der Waals surface area contributed by atoms with Gasteiger partial charge in [0.15, 0.2) is 11.3 Å². The van der Waals surface area contributed by atoms with E-state index >= 15 is 0 Å². The maximum atomic E-state index is 14.2. The van der Waals surface area contributed by atoms with Gasteiger partial charge >= 0.3 is 12.1 Å². The van der Waals surface area contributed by atoms with Crippen LogP contribution in [-0.2, 0) is 37.9 Å². The minimum absolute atomic E-state index is 0.0429. The second kappa shape index (κ2) is 19.5. The fourth-order valence-corrected chi connectivity index (χ4v) is 5.43. The number of rotatable bonds is 26. The van der Waals surface area contributed by atoms with Gasteiger partial charge in [-0.3, -0.25) is 19.6 Å². The molecule has 0 aromatic heterocycles. The van der Waals surface area contributed by atoms with Crippen molar-refractivity contribution < 1.29 is 47.5 Å². The topological polar surface area (TPSA) is 121 Å². The molecular weight excluding hydrogens is 552 g/mol. The highest BCUT2D eigenvalue weighted by Crippen LogP contribution is 2.53. The zero-order valence-corrected chi connectivity index (χ0v) is 26.6. The van der Waals surface area contributed by atoms with Crippen molar-refractivity contribution in [2.75, 3.05) is 106 Å². The second-order valence-corrected chi connectivity index (χ2v) is 9.80. The van der Waals surface area contributed by atoms with E-state index in [2.05, 4.69) is 0 Å². The zero-order chi connectivity index (χ0) is 30.8. The lowest BCUT2D eigenvalue weighted by Gasteiger charge is -2.47. The molecule has 0 N–H and O–H groups in total. The van der Waals surface area contributed by atoms with Crippen molar-refractivity contribution in [1.29, 1.82) is 0 Å². The lowest BCUT2D eigenvalue weighted by atomic mass is 9.89. The Bertz CT molecular complexity index is 725. The van der Waals surface area contributed by atoms with E-state index in [1.54, 1.807) is 19.6 Å². The summed E-state index contributed by atoms with van der Waals surface area (Å²) in [5.41, 5.74) is -2.32. The van der Waals surface area contributed by atoms with Crippen molar-refractivity contribution in [2.45, 2.75) is 65.7 Å². The number of ether oxygens (including phenoxy) is 8. The van der Waals surface area contributed by atoms with E-state index in [9.17, 15) is 9.59 Å². The van der Waals surface area contributed by atoms with Crippen LogP contribution in [0.25, 0.3) is 0 Å². The number of nitrogens with zero attached hydrogens (tertiary/aromatic N) is 4. The average molecular weight is 607 g/mol. The Morgan fingerprint density at radius 1 is 0.476 bits per heavy atom. The number of carbonyl (C=O) groups excluding carboxylic acids is 2. The molecule has 4 amide bonds. The van der Waals surface area contributed by atoms with Gasteiger partial charge in [-0.1, -0.05) is 13.3 Å². The zero-order valence-electron chi connectivity index (χ0n) is 26.6. The third-order valence-electron chi connectivity index (χ3n) is 7.41. The van der Waals surface area contributed by atoms with Gasteiger partial charge in [0, 0.05) is 26.4 Å². The van der Waals surface area contributed by atoms with E-state index in [4.69, 9.17) is 37.9 Å². The van der Waals surface area contributed by atoms with E-state index in [1.807, 2.05) is 41.5 Å². The van der Waals surface area contributed by atoms with Crippen LogP contribution in [-0.4, -0.2) is 149 Å². The van der Waals surface area contributed by atoms with Gasteiger partial charge in [0.25, 0.3) is 0 Å². The first kappa shape index (κ1) is 36.4. The third-order valence-corrected chi connectivity index (χ3v) is 7.41. The summed E-state index contributed by atoms with van der Waals surface area (Å²) in [6.45, 7) is 16.4. The summed E-state index contributed by atoms with van der Waals surface area (Å²) in [7, 11) is 0. The van der Waals surface area contributed by atoms with Gasteiger partial charge in [-0.15, -0.1) is 0 Å². The number of urea groups is 2. The smallest absolute Gasteiger partial charge is 0.327 e. The lowest BCUT2D eigenvalue weighted by Crippen LogP contribution is -2.67. The normalized spacial score (nSPS) is 22.2. The van der Waals surface area contributed by atoms with Crippen molar-refractivity contribution in [3.8, 4) is 0 Å². The van der Waals surface area contributed by atoms with Crippen LogP contribution in [0.2, 0.25) is 0 Å². The van der Waals surface area contributed by atoms with E-state index < -0.39 is 11.3 Å². The van der Waals surface area contributed by atoms with Crippen LogP contribution in [0.5, 0.6) is 0 Å². The monoisotopic (exact) mass is 606 g/mol. The van der Waals surface area contributed by atoms with Gasteiger partial charge < -0.3 is 37.9 Å². The molecule has 0 spiro atoms. The molecule has 14 heteroatoms. The summed E-state index contributed by atoms with van der Waals surface area (Å²) in [4.78, 5) is 34.9. The Hall–Kier alpha value is -1.78. The number of hydrogen-bond acceptors (Lipinski definition) is 10. The first-order chi connectivity index (χ1) is 20.4. The molecule has 2 saturated heterocycles. The number of carbonyl (C=O) groups is 2. The van der Waals surface area contributed by atoms with Crippen LogP contribution < -0.4 is 0 Å². The van der Waals surface area contributed by atoms with Gasteiger partial charge in [-0.2, -0.15) is 0 Å². The molecule has 2 aliphatic heterocycles. The van der Waals surface area contributed by atoms with Crippen LogP contribution in [0.1, 0.15) is 54.4 Å². The molecule has 14 nitrogen and oxygen atoms in total. The van der Waals surface area contributed by atoms with E-state index in [0.717, 1.165) is 0 Å². The van der Waals surface area contributed by atoms with Crippen LogP contribution >= 0.6 is 0 Å². The molecule has 0 radical (unpaired) electrons. The molecule has 0 atom stereocenters. The van der Waals surface area contributed by atoms with Crippen LogP contribution in [0, 0.1) is 0 Å². The second-order valence-electron chi connectivity index (χ2n) is 9.80. The van der Waals surface area contributed by atoms with E-state index in [1.165, 1.54) is 0 Å². The first-order valence-electron chi connectivity index (χ1n) is 15.2. The first-order valence-corrected chi connectivity index (χ1v) is 15.2. The van der Waals surface area contributed by atoms with Gasteiger partial charge in [0.1, 0.15) is 26.9 Å². The SMILES string of the molecule is CCCC12N(COCCOCC)C(=O)N(COCCOCC)C1(C)N(COCCOCC)C(=O)N2COCCOCC. The molecule has 2 heterocycles. The average Bonchev–Trinajstić information content (AvgIpc) is 3.26. The molecule has 2 fully saturated rings. The summed E-state index contributed by atoms with van der Waals surface area (Å²) >= 11 is 0. The van der Waals surface area contributed by atoms with Crippen molar-refractivity contribution in [2.24, 2.45) is 0 Å². The highest BCUT2D eigenvalue weighted by molar-refractivity contribution is 5.88.